The van der Waals surface area contributed by atoms with Gasteiger partial charge in [-0.3, -0.25) is 19.1 Å². The van der Waals surface area contributed by atoms with Crippen LogP contribution in [0, 0.1) is 0 Å². The van der Waals surface area contributed by atoms with Crippen LogP contribution in [0.4, 0.5) is 0 Å². The minimum atomic E-state index is -0.909. The van der Waals surface area contributed by atoms with Crippen LogP contribution in [-0.2, 0) is 20.9 Å². The molecule has 0 aromatic carbocycles. The summed E-state index contributed by atoms with van der Waals surface area (Å²) in [7, 11) is 1.36. The molecule has 0 unspecified atom stereocenters. The summed E-state index contributed by atoms with van der Waals surface area (Å²) < 4.78 is 5.96. The number of carbonyl (C=O) groups is 3. The van der Waals surface area contributed by atoms with E-state index in [4.69, 9.17) is 5.11 Å². The Morgan fingerprint density at radius 1 is 1.27 bits per heavy atom. The number of aromatic nitrogens is 2. The second-order valence-corrected chi connectivity index (χ2v) is 4.75. The van der Waals surface area contributed by atoms with Crippen LogP contribution in [0.3, 0.4) is 0 Å². The van der Waals surface area contributed by atoms with Gasteiger partial charge in [0.25, 0.3) is 5.91 Å². The first-order valence-corrected chi connectivity index (χ1v) is 7.13. The molecule has 0 atom stereocenters. The number of ether oxygens (including phenoxy) is 1. The molecular formula is C14H21N3O5. The van der Waals surface area contributed by atoms with Crippen molar-refractivity contribution < 1.29 is 24.2 Å². The Bertz CT molecular complexity index is 512. The van der Waals surface area contributed by atoms with Crippen molar-refractivity contribution >= 4 is 17.8 Å². The normalized spacial score (nSPS) is 10.2. The van der Waals surface area contributed by atoms with Gasteiger partial charge in [0.05, 0.1) is 20.1 Å². The Morgan fingerprint density at radius 2 is 2.05 bits per heavy atom. The first-order chi connectivity index (χ1) is 10.5. The maximum Gasteiger partial charge on any atom is 0.305 e. The number of nitrogens with one attached hydrogen (secondary N) is 1. The van der Waals surface area contributed by atoms with Gasteiger partial charge in [0.1, 0.15) is 5.69 Å². The molecule has 22 heavy (non-hydrogen) atoms. The Labute approximate surface area is 128 Å². The first kappa shape index (κ1) is 17.7. The van der Waals surface area contributed by atoms with Gasteiger partial charge in [-0.05, 0) is 18.9 Å². The zero-order valence-electron chi connectivity index (χ0n) is 12.6. The van der Waals surface area contributed by atoms with E-state index < -0.39 is 5.97 Å². The SMILES string of the molecule is COC(=O)CCCCCNC(=O)c1ccn(CCC(=O)O)n1. The highest BCUT2D eigenvalue weighted by molar-refractivity contribution is 5.92. The van der Waals surface area contributed by atoms with Crippen molar-refractivity contribution in [2.45, 2.75) is 38.6 Å². The molecule has 1 rings (SSSR count). The number of nitrogens with zero attached hydrogens (tertiary/aromatic N) is 2. The van der Waals surface area contributed by atoms with Crippen LogP contribution in [0.1, 0.15) is 42.6 Å². The molecule has 1 amide bonds. The number of aryl methyl sites for hydroxylation is 1. The number of amides is 1. The molecular weight excluding hydrogens is 290 g/mol. The van der Waals surface area contributed by atoms with E-state index >= 15 is 0 Å². The summed E-state index contributed by atoms with van der Waals surface area (Å²) >= 11 is 0. The summed E-state index contributed by atoms with van der Waals surface area (Å²) in [4.78, 5) is 33.2. The number of carbonyl (C=O) groups excluding carboxylic acids is 2. The third kappa shape index (κ3) is 6.87. The molecule has 1 aromatic rings. The molecule has 0 aliphatic heterocycles. The average Bonchev–Trinajstić information content (AvgIpc) is 2.97. The van der Waals surface area contributed by atoms with Crippen LogP contribution < -0.4 is 5.32 Å². The standard InChI is InChI=1S/C14H21N3O5/c1-22-13(20)5-3-2-4-8-15-14(21)11-6-9-17(16-11)10-7-12(18)19/h6,9H,2-5,7-8,10H2,1H3,(H,15,21)(H,18,19). The van der Waals surface area contributed by atoms with E-state index in [0.717, 1.165) is 19.3 Å². The predicted molar refractivity (Wildman–Crippen MR) is 77.3 cm³/mol. The zero-order chi connectivity index (χ0) is 16.4. The fraction of sp³-hybridized carbons (Fsp3) is 0.571. The molecule has 0 radical (unpaired) electrons. The summed E-state index contributed by atoms with van der Waals surface area (Å²) in [6, 6.07) is 1.55. The molecule has 1 heterocycles. The quantitative estimate of drug-likeness (QED) is 0.489. The van der Waals surface area contributed by atoms with Crippen molar-refractivity contribution in [1.82, 2.24) is 15.1 Å². The lowest BCUT2D eigenvalue weighted by Crippen LogP contribution is -2.25. The van der Waals surface area contributed by atoms with Gasteiger partial charge in [-0.1, -0.05) is 6.42 Å². The minimum Gasteiger partial charge on any atom is -0.481 e. The van der Waals surface area contributed by atoms with E-state index in [2.05, 4.69) is 15.2 Å². The second-order valence-electron chi connectivity index (χ2n) is 4.75. The predicted octanol–water partition coefficient (Wildman–Crippen LogP) is 0.821. The summed E-state index contributed by atoms with van der Waals surface area (Å²) in [6.45, 7) is 0.734. The van der Waals surface area contributed by atoms with Crippen molar-refractivity contribution in [1.29, 1.82) is 0 Å². The van der Waals surface area contributed by atoms with E-state index in [1.165, 1.54) is 11.8 Å². The fourth-order valence-corrected chi connectivity index (χ4v) is 1.78. The molecule has 0 spiro atoms. The second kappa shape index (κ2) is 9.54. The maximum atomic E-state index is 11.8. The number of carboxylic acid groups (broad SMARTS) is 1. The van der Waals surface area contributed by atoms with Gasteiger partial charge in [0, 0.05) is 19.2 Å². The fourth-order valence-electron chi connectivity index (χ4n) is 1.78. The number of unbranched alkanes of at least 4 members (excludes halogenated alkanes) is 2. The highest BCUT2D eigenvalue weighted by Gasteiger charge is 2.09. The number of hydrogen-bond donors (Lipinski definition) is 2. The van der Waals surface area contributed by atoms with Crippen molar-refractivity contribution in [2.24, 2.45) is 0 Å². The summed E-state index contributed by atoms with van der Waals surface area (Å²) in [5, 5.41) is 15.3. The lowest BCUT2D eigenvalue weighted by molar-refractivity contribution is -0.141. The van der Waals surface area contributed by atoms with Crippen molar-refractivity contribution in [3.63, 3.8) is 0 Å². The van der Waals surface area contributed by atoms with E-state index in [1.54, 1.807) is 12.3 Å². The molecule has 8 heteroatoms. The van der Waals surface area contributed by atoms with Crippen LogP contribution in [0.15, 0.2) is 12.3 Å². The van der Waals surface area contributed by atoms with Crippen LogP contribution in [-0.4, -0.2) is 46.4 Å². The maximum absolute atomic E-state index is 11.8. The topological polar surface area (TPSA) is 111 Å². The van der Waals surface area contributed by atoms with E-state index in [0.29, 0.717) is 13.0 Å². The van der Waals surface area contributed by atoms with Gasteiger partial charge in [0.15, 0.2) is 0 Å². The monoisotopic (exact) mass is 311 g/mol. The Hall–Kier alpha value is -2.38. The first-order valence-electron chi connectivity index (χ1n) is 7.13. The summed E-state index contributed by atoms with van der Waals surface area (Å²) in [5.74, 6) is -1.42. The van der Waals surface area contributed by atoms with Crippen LogP contribution >= 0.6 is 0 Å². The van der Waals surface area contributed by atoms with E-state index in [1.807, 2.05) is 0 Å². The van der Waals surface area contributed by atoms with Gasteiger partial charge >= 0.3 is 11.9 Å². The molecule has 0 saturated carbocycles. The highest BCUT2D eigenvalue weighted by Crippen LogP contribution is 2.01. The van der Waals surface area contributed by atoms with E-state index in [-0.39, 0.29) is 30.5 Å². The highest BCUT2D eigenvalue weighted by atomic mass is 16.5. The Balaban J connectivity index is 2.20. The number of rotatable bonds is 10. The lowest BCUT2D eigenvalue weighted by Gasteiger charge is -2.03. The molecule has 0 saturated heterocycles. The molecule has 1 aromatic heterocycles. The van der Waals surface area contributed by atoms with Crippen LogP contribution in [0.2, 0.25) is 0 Å². The number of carboxylic acids is 1. The number of esters is 1. The number of hydrogen-bond acceptors (Lipinski definition) is 5. The van der Waals surface area contributed by atoms with Gasteiger partial charge in [-0.2, -0.15) is 5.10 Å². The van der Waals surface area contributed by atoms with Crippen LogP contribution in [0.5, 0.6) is 0 Å². The average molecular weight is 311 g/mol. The minimum absolute atomic E-state index is 0.0388. The van der Waals surface area contributed by atoms with Gasteiger partial charge in [-0.15, -0.1) is 0 Å². The van der Waals surface area contributed by atoms with Gasteiger partial charge < -0.3 is 15.2 Å². The Morgan fingerprint density at radius 3 is 2.73 bits per heavy atom. The zero-order valence-corrected chi connectivity index (χ0v) is 12.6. The van der Waals surface area contributed by atoms with Gasteiger partial charge in [-0.25, -0.2) is 0 Å². The lowest BCUT2D eigenvalue weighted by atomic mass is 10.2. The smallest absolute Gasteiger partial charge is 0.305 e. The largest absolute Gasteiger partial charge is 0.481 e. The molecule has 0 aliphatic carbocycles. The molecule has 0 bridgehead atoms. The van der Waals surface area contributed by atoms with Crippen molar-refractivity contribution in [2.75, 3.05) is 13.7 Å². The number of aliphatic carboxylic acids is 1. The van der Waals surface area contributed by atoms with Crippen molar-refractivity contribution in [3.05, 3.63) is 18.0 Å². The van der Waals surface area contributed by atoms with Crippen molar-refractivity contribution in [3.8, 4) is 0 Å². The molecule has 0 fully saturated rings. The summed E-state index contributed by atoms with van der Waals surface area (Å²) in [5.41, 5.74) is 0.264. The van der Waals surface area contributed by atoms with Gasteiger partial charge in [0.2, 0.25) is 0 Å². The molecule has 122 valence electrons. The van der Waals surface area contributed by atoms with E-state index in [9.17, 15) is 14.4 Å². The molecule has 0 aliphatic rings. The molecule has 8 nitrogen and oxygen atoms in total. The number of methoxy groups -OCH3 is 1. The molecule has 2 N–H and O–H groups in total. The van der Waals surface area contributed by atoms with Crippen LogP contribution in [0.25, 0.3) is 0 Å². The third-order valence-electron chi connectivity index (χ3n) is 3.00. The summed E-state index contributed by atoms with van der Waals surface area (Å²) in [6.07, 6.45) is 4.24. The third-order valence-corrected chi connectivity index (χ3v) is 3.00. The Kier molecular flexibility index (Phi) is 7.66.